The van der Waals surface area contributed by atoms with E-state index in [2.05, 4.69) is 9.47 Å². The summed E-state index contributed by atoms with van der Waals surface area (Å²) >= 11 is 11.4. The monoisotopic (exact) mass is 322 g/mol. The van der Waals surface area contributed by atoms with Crippen LogP contribution in [0, 0.1) is 0 Å². The van der Waals surface area contributed by atoms with Gasteiger partial charge in [0.25, 0.3) is 0 Å². The van der Waals surface area contributed by atoms with Crippen LogP contribution in [0.1, 0.15) is 25.7 Å². The molecule has 0 rings (SSSR count). The fourth-order valence-electron chi connectivity index (χ4n) is 1.57. The van der Waals surface area contributed by atoms with Crippen LogP contribution in [0.5, 0.6) is 0 Å². The number of ether oxygens (including phenoxy) is 2. The Kier molecular flexibility index (Phi) is 11.2. The SMILES string of the molecule is COC(=O)/C=C(CCCCl)\C(=C/C(=O)OC)CCCCl. The van der Waals surface area contributed by atoms with E-state index in [9.17, 15) is 9.59 Å². The largest absolute Gasteiger partial charge is 0.466 e. The molecule has 0 aliphatic heterocycles. The van der Waals surface area contributed by atoms with E-state index in [4.69, 9.17) is 23.2 Å². The molecule has 114 valence electrons. The van der Waals surface area contributed by atoms with E-state index in [0.29, 0.717) is 37.4 Å². The third-order valence-corrected chi connectivity index (χ3v) is 3.09. The Bertz CT molecular complexity index is 339. The molecule has 0 aromatic carbocycles. The van der Waals surface area contributed by atoms with Gasteiger partial charge in [0.15, 0.2) is 0 Å². The van der Waals surface area contributed by atoms with Crippen molar-refractivity contribution in [1.29, 1.82) is 0 Å². The highest BCUT2D eigenvalue weighted by Gasteiger charge is 2.10. The number of allylic oxidation sites excluding steroid dienone is 2. The number of methoxy groups -OCH3 is 2. The van der Waals surface area contributed by atoms with Gasteiger partial charge in [-0.25, -0.2) is 9.59 Å². The lowest BCUT2D eigenvalue weighted by atomic mass is 9.96. The van der Waals surface area contributed by atoms with Crippen LogP contribution >= 0.6 is 23.2 Å². The predicted molar refractivity (Wildman–Crippen MR) is 80.1 cm³/mol. The summed E-state index contributed by atoms with van der Waals surface area (Å²) in [5, 5.41) is 0. The van der Waals surface area contributed by atoms with Crippen molar-refractivity contribution < 1.29 is 19.1 Å². The first-order valence-electron chi connectivity index (χ1n) is 6.28. The molecule has 0 aromatic heterocycles. The lowest BCUT2D eigenvalue weighted by molar-refractivity contribution is -0.135. The summed E-state index contributed by atoms with van der Waals surface area (Å²) in [5.74, 6) is 0.0198. The normalized spacial score (nSPS) is 12.2. The molecule has 0 unspecified atom stereocenters. The molecule has 0 amide bonds. The molecular weight excluding hydrogens is 303 g/mol. The molecule has 0 aliphatic carbocycles. The molecule has 0 N–H and O–H groups in total. The predicted octanol–water partition coefficient (Wildman–Crippen LogP) is 3.22. The van der Waals surface area contributed by atoms with Gasteiger partial charge < -0.3 is 9.47 Å². The number of carbonyl (C=O) groups is 2. The van der Waals surface area contributed by atoms with Crippen molar-refractivity contribution in [2.75, 3.05) is 26.0 Å². The van der Waals surface area contributed by atoms with Gasteiger partial charge in [0.05, 0.1) is 14.2 Å². The van der Waals surface area contributed by atoms with E-state index in [1.54, 1.807) is 0 Å². The molecule has 0 fully saturated rings. The smallest absolute Gasteiger partial charge is 0.330 e. The summed E-state index contributed by atoms with van der Waals surface area (Å²) in [4.78, 5) is 22.8. The fourth-order valence-corrected chi connectivity index (χ4v) is 1.84. The Morgan fingerprint density at radius 1 is 0.850 bits per heavy atom. The van der Waals surface area contributed by atoms with Crippen molar-refractivity contribution in [3.8, 4) is 0 Å². The number of carbonyl (C=O) groups excluding carboxylic acids is 2. The highest BCUT2D eigenvalue weighted by atomic mass is 35.5. The zero-order valence-electron chi connectivity index (χ0n) is 11.8. The first-order chi connectivity index (χ1) is 9.58. The summed E-state index contributed by atoms with van der Waals surface area (Å²) in [6.07, 6.45) is 5.34. The Labute approximate surface area is 129 Å². The lowest BCUT2D eigenvalue weighted by Crippen LogP contribution is -2.04. The van der Waals surface area contributed by atoms with Crippen LogP contribution in [-0.2, 0) is 19.1 Å². The number of hydrogen-bond donors (Lipinski definition) is 0. The van der Waals surface area contributed by atoms with Gasteiger partial charge in [-0.3, -0.25) is 0 Å². The molecule has 20 heavy (non-hydrogen) atoms. The van der Waals surface area contributed by atoms with Gasteiger partial charge in [0.1, 0.15) is 0 Å². The molecule has 0 aromatic rings. The maximum Gasteiger partial charge on any atom is 0.330 e. The minimum absolute atomic E-state index is 0.462. The van der Waals surface area contributed by atoms with Gasteiger partial charge in [-0.05, 0) is 36.8 Å². The zero-order chi connectivity index (χ0) is 15.4. The second-order valence-corrected chi connectivity index (χ2v) is 4.73. The first-order valence-corrected chi connectivity index (χ1v) is 7.35. The minimum Gasteiger partial charge on any atom is -0.466 e. The van der Waals surface area contributed by atoms with Crippen molar-refractivity contribution in [1.82, 2.24) is 0 Å². The van der Waals surface area contributed by atoms with Crippen LogP contribution in [0.4, 0.5) is 0 Å². The zero-order valence-corrected chi connectivity index (χ0v) is 13.3. The van der Waals surface area contributed by atoms with E-state index in [1.165, 1.54) is 26.4 Å². The van der Waals surface area contributed by atoms with Crippen molar-refractivity contribution >= 4 is 35.1 Å². The third-order valence-electron chi connectivity index (χ3n) is 2.56. The quantitative estimate of drug-likeness (QED) is 0.283. The average molecular weight is 323 g/mol. The number of hydrogen-bond acceptors (Lipinski definition) is 4. The Morgan fingerprint density at radius 3 is 1.45 bits per heavy atom. The summed E-state index contributed by atoms with van der Waals surface area (Å²) in [6.45, 7) is 0. The summed E-state index contributed by atoms with van der Waals surface area (Å²) in [5.41, 5.74) is 1.46. The molecule has 0 saturated carbocycles. The average Bonchev–Trinajstić information content (AvgIpc) is 2.47. The summed E-state index contributed by atoms with van der Waals surface area (Å²) in [7, 11) is 2.61. The van der Waals surface area contributed by atoms with E-state index in [1.807, 2.05) is 0 Å². The molecule has 0 aliphatic rings. The van der Waals surface area contributed by atoms with E-state index in [0.717, 1.165) is 11.1 Å². The first kappa shape index (κ1) is 19.0. The Hall–Kier alpha value is -1.00. The number of halogens is 2. The minimum atomic E-state index is -0.462. The topological polar surface area (TPSA) is 52.6 Å². The summed E-state index contributed by atoms with van der Waals surface area (Å²) < 4.78 is 9.26. The van der Waals surface area contributed by atoms with Gasteiger partial charge in [0.2, 0.25) is 0 Å². The van der Waals surface area contributed by atoms with Crippen molar-refractivity contribution in [3.63, 3.8) is 0 Å². The molecule has 0 radical (unpaired) electrons. The van der Waals surface area contributed by atoms with Crippen molar-refractivity contribution in [2.24, 2.45) is 0 Å². The highest BCUT2D eigenvalue weighted by Crippen LogP contribution is 2.22. The Morgan fingerprint density at radius 2 is 1.20 bits per heavy atom. The van der Waals surface area contributed by atoms with Crippen LogP contribution < -0.4 is 0 Å². The lowest BCUT2D eigenvalue weighted by Gasteiger charge is -2.11. The number of alkyl halides is 2. The maximum absolute atomic E-state index is 11.4. The van der Waals surface area contributed by atoms with Gasteiger partial charge in [0, 0.05) is 23.9 Å². The van der Waals surface area contributed by atoms with Crippen LogP contribution in [0.2, 0.25) is 0 Å². The molecule has 0 atom stereocenters. The van der Waals surface area contributed by atoms with Gasteiger partial charge in [-0.2, -0.15) is 0 Å². The standard InChI is InChI=1S/C14H20Cl2O4/c1-19-13(17)9-11(5-3-7-15)12(6-4-8-16)10-14(18)20-2/h9-10H,3-8H2,1-2H3/b11-9-,12-10-. The van der Waals surface area contributed by atoms with Crippen LogP contribution in [-0.4, -0.2) is 37.9 Å². The molecular formula is C14H20Cl2O4. The maximum atomic E-state index is 11.4. The molecule has 0 saturated heterocycles. The second kappa shape index (κ2) is 11.8. The van der Waals surface area contributed by atoms with Gasteiger partial charge >= 0.3 is 11.9 Å². The third kappa shape index (κ3) is 8.23. The molecule has 6 heteroatoms. The van der Waals surface area contributed by atoms with Crippen LogP contribution in [0.25, 0.3) is 0 Å². The second-order valence-electron chi connectivity index (χ2n) is 3.97. The highest BCUT2D eigenvalue weighted by molar-refractivity contribution is 6.18. The van der Waals surface area contributed by atoms with Crippen LogP contribution in [0.3, 0.4) is 0 Å². The van der Waals surface area contributed by atoms with Gasteiger partial charge in [-0.1, -0.05) is 0 Å². The molecule has 0 heterocycles. The number of esters is 2. The van der Waals surface area contributed by atoms with Crippen molar-refractivity contribution in [3.05, 3.63) is 23.3 Å². The molecule has 0 spiro atoms. The van der Waals surface area contributed by atoms with Gasteiger partial charge in [-0.15, -0.1) is 23.2 Å². The summed E-state index contributed by atoms with van der Waals surface area (Å²) in [6, 6.07) is 0. The molecule has 0 bridgehead atoms. The molecule has 4 nitrogen and oxygen atoms in total. The van der Waals surface area contributed by atoms with Crippen LogP contribution in [0.15, 0.2) is 23.3 Å². The number of rotatable bonds is 9. The van der Waals surface area contributed by atoms with E-state index in [-0.39, 0.29) is 0 Å². The van der Waals surface area contributed by atoms with Crippen molar-refractivity contribution in [2.45, 2.75) is 25.7 Å². The van der Waals surface area contributed by atoms with E-state index < -0.39 is 11.9 Å². The van der Waals surface area contributed by atoms with E-state index >= 15 is 0 Å². The fraction of sp³-hybridized carbons (Fsp3) is 0.571. The Balaban J connectivity index is 5.26.